The van der Waals surface area contributed by atoms with Crippen LogP contribution < -0.4 is 27.5 Å². The summed E-state index contributed by atoms with van der Waals surface area (Å²) in [5.41, 5.74) is 5.72. The molecule has 2 aliphatic carbocycles. The number of urea groups is 1. The van der Waals surface area contributed by atoms with Crippen molar-refractivity contribution in [3.63, 3.8) is 0 Å². The first-order chi connectivity index (χ1) is 23.2. The largest absolute Gasteiger partial charge is 0.369 e. The number of anilines is 2. The molecule has 2 amide bonds. The number of nitrogens with two attached hydrogens (primary N) is 1. The number of aromatic amines is 2. The van der Waals surface area contributed by atoms with Crippen molar-refractivity contribution in [1.82, 2.24) is 25.3 Å². The fraction of sp³-hybridized carbons (Fsp3) is 0.647. The maximum Gasteiger partial charge on any atom is 0.321 e. The Bertz CT molecular complexity index is 1730. The maximum atomic E-state index is 12.1. The van der Waals surface area contributed by atoms with Crippen LogP contribution in [0.3, 0.4) is 0 Å². The number of carbonyl (C=O) groups is 1. The molecule has 0 saturated heterocycles. The predicted molar refractivity (Wildman–Crippen MR) is 189 cm³/mol. The number of carbonyl (C=O) groups excluding carboxylic acids is 4. The third-order valence-electron chi connectivity index (χ3n) is 8.51. The Hall–Kier alpha value is -5.03. The van der Waals surface area contributed by atoms with Gasteiger partial charge < -0.3 is 11.1 Å². The zero-order valence-electron chi connectivity index (χ0n) is 30.2. The van der Waals surface area contributed by atoms with E-state index in [4.69, 9.17) is 5.73 Å². The number of aliphatic imine (C=N–C) groups is 3. The van der Waals surface area contributed by atoms with Crippen molar-refractivity contribution < 1.29 is 19.2 Å². The first-order valence-electron chi connectivity index (χ1n) is 16.3. The number of nitrogens with zero attached hydrogens (tertiary/aromatic N) is 5. The van der Waals surface area contributed by atoms with Crippen LogP contribution in [0.5, 0.6) is 0 Å². The number of aryl methyl sites for hydroxylation is 2. The van der Waals surface area contributed by atoms with E-state index < -0.39 is 6.03 Å². The van der Waals surface area contributed by atoms with E-state index in [0.717, 1.165) is 32.1 Å². The molecule has 2 aromatic heterocycles. The zero-order valence-corrected chi connectivity index (χ0v) is 30.2. The second-order valence-corrected chi connectivity index (χ2v) is 15.6. The van der Waals surface area contributed by atoms with E-state index >= 15 is 0 Å². The number of isocyanates is 3. The van der Waals surface area contributed by atoms with Gasteiger partial charge in [-0.25, -0.2) is 44.1 Å². The quantitative estimate of drug-likeness (QED) is 0.207. The van der Waals surface area contributed by atoms with Crippen LogP contribution in [-0.4, -0.2) is 69.4 Å². The van der Waals surface area contributed by atoms with Crippen LogP contribution in [0.15, 0.2) is 36.7 Å². The van der Waals surface area contributed by atoms with E-state index in [1.54, 1.807) is 32.1 Å². The molecule has 2 heterocycles. The minimum absolute atomic E-state index is 0.00750. The van der Waals surface area contributed by atoms with E-state index in [1.807, 2.05) is 0 Å². The summed E-state index contributed by atoms with van der Waals surface area (Å²) in [6, 6.07) is 2.23. The van der Waals surface area contributed by atoms with Gasteiger partial charge in [0.25, 0.3) is 11.1 Å². The summed E-state index contributed by atoms with van der Waals surface area (Å²) in [5, 5.41) is 5.36. The van der Waals surface area contributed by atoms with Crippen LogP contribution in [0.25, 0.3) is 0 Å². The summed E-state index contributed by atoms with van der Waals surface area (Å²) in [4.78, 5) is 89.2. The fourth-order valence-electron chi connectivity index (χ4n) is 7.65. The topological polar surface area (TPSA) is 247 Å². The average Bonchev–Trinajstić information content (AvgIpc) is 2.93. The molecule has 272 valence electrons. The molecule has 2 fully saturated rings. The number of hydrogen-bond donors (Lipinski definition) is 5. The maximum absolute atomic E-state index is 12.1. The van der Waals surface area contributed by atoms with Crippen molar-refractivity contribution in [3.8, 4) is 0 Å². The first-order valence-corrected chi connectivity index (χ1v) is 16.3. The molecule has 0 aliphatic heterocycles. The van der Waals surface area contributed by atoms with Gasteiger partial charge in [-0.3, -0.25) is 24.9 Å². The van der Waals surface area contributed by atoms with Gasteiger partial charge >= 0.3 is 6.03 Å². The Morgan fingerprint density at radius 1 is 0.820 bits per heavy atom. The van der Waals surface area contributed by atoms with Crippen LogP contribution in [0, 0.1) is 35.5 Å². The second-order valence-electron chi connectivity index (χ2n) is 15.6. The van der Waals surface area contributed by atoms with E-state index in [9.17, 15) is 28.8 Å². The normalized spacial score (nSPS) is 24.5. The smallest absolute Gasteiger partial charge is 0.321 e. The molecule has 4 atom stereocenters. The van der Waals surface area contributed by atoms with Gasteiger partial charge in [-0.2, -0.15) is 0 Å². The van der Waals surface area contributed by atoms with Crippen molar-refractivity contribution in [2.45, 2.75) is 106 Å². The minimum atomic E-state index is -0.436. The monoisotopic (exact) mass is 694 g/mol. The van der Waals surface area contributed by atoms with Crippen LogP contribution in [0.1, 0.15) is 91.5 Å². The molecule has 6 N–H and O–H groups in total. The van der Waals surface area contributed by atoms with Gasteiger partial charge in [0.15, 0.2) is 0 Å². The van der Waals surface area contributed by atoms with Crippen LogP contribution in [0.2, 0.25) is 0 Å². The Morgan fingerprint density at radius 3 is 1.80 bits per heavy atom. The van der Waals surface area contributed by atoms with Crippen LogP contribution in [0.4, 0.5) is 16.7 Å². The Morgan fingerprint density at radius 2 is 1.32 bits per heavy atom. The number of amides is 2. The average molecular weight is 695 g/mol. The summed E-state index contributed by atoms with van der Waals surface area (Å²) >= 11 is 0. The SMILES string of the molecule is CC1(C)CC(N=C=O)CC(C)(CN=C=O)C1.Cc1cc(=O)[nH]c(N)n1.Cc1cc(=O)[nH]c(NC(=O)NCC2(C)CC(N=C=O)CC(C)(C)C2)n1. The molecule has 16 heteroatoms. The Balaban J connectivity index is 0.000000294. The van der Waals surface area contributed by atoms with Crippen LogP contribution in [-0.2, 0) is 14.4 Å². The van der Waals surface area contributed by atoms with Crippen molar-refractivity contribution >= 4 is 36.2 Å². The van der Waals surface area contributed by atoms with Crippen molar-refractivity contribution in [2.75, 3.05) is 24.1 Å². The van der Waals surface area contributed by atoms with E-state index in [0.29, 0.717) is 30.9 Å². The predicted octanol–water partition coefficient (Wildman–Crippen LogP) is 4.02. The Kier molecular flexibility index (Phi) is 14.5. The molecule has 50 heavy (non-hydrogen) atoms. The fourth-order valence-corrected chi connectivity index (χ4v) is 7.65. The summed E-state index contributed by atoms with van der Waals surface area (Å²) in [7, 11) is 0. The van der Waals surface area contributed by atoms with Gasteiger partial charge in [-0.15, -0.1) is 0 Å². The number of H-pyrrole nitrogens is 2. The lowest BCUT2D eigenvalue weighted by Crippen LogP contribution is -2.45. The molecule has 0 spiro atoms. The molecule has 4 unspecified atom stereocenters. The second kappa shape index (κ2) is 17.6. The van der Waals surface area contributed by atoms with Gasteiger partial charge in [-0.05, 0) is 74.0 Å². The molecule has 0 bridgehead atoms. The molecular weight excluding hydrogens is 644 g/mol. The standard InChI is InChI=1S/C17H25N5O3.C12H18N2O2.C5H7N3O/c1-11-5-13(24)21-14(20-11)22-15(25)18-9-17(4)7-12(19-10-23)6-16(2,3)8-17;1-11(2)4-10(14-9-16)5-12(3,6-11)7-13-8-15;1-3-2-4(9)8-5(6)7-3/h5,12H,6-9H2,1-4H3,(H3,18,20,21,22,24,25);10H,4-7H2,1-3H3;2H,1H3,(H3,6,7,8,9). The molecule has 0 aromatic carbocycles. The zero-order chi connectivity index (χ0) is 37.8. The molecule has 0 radical (unpaired) electrons. The number of hydrogen-bond acceptors (Lipinski definition) is 12. The summed E-state index contributed by atoms with van der Waals surface area (Å²) in [5.74, 6) is 0.278. The lowest BCUT2D eigenvalue weighted by molar-refractivity contribution is 0.0855. The van der Waals surface area contributed by atoms with E-state index in [1.165, 1.54) is 12.1 Å². The highest BCUT2D eigenvalue weighted by molar-refractivity contribution is 5.87. The van der Waals surface area contributed by atoms with Crippen molar-refractivity contribution in [1.29, 1.82) is 0 Å². The first kappa shape index (κ1) is 41.1. The highest BCUT2D eigenvalue weighted by atomic mass is 16.2. The van der Waals surface area contributed by atoms with Crippen LogP contribution >= 0.6 is 0 Å². The van der Waals surface area contributed by atoms with Gasteiger partial charge in [0.05, 0.1) is 18.6 Å². The summed E-state index contributed by atoms with van der Waals surface area (Å²) in [6.07, 6.45) is 9.99. The number of rotatable bonds is 7. The van der Waals surface area contributed by atoms with Crippen molar-refractivity contribution in [3.05, 3.63) is 44.2 Å². The highest BCUT2D eigenvalue weighted by Gasteiger charge is 2.42. The summed E-state index contributed by atoms with van der Waals surface area (Å²) < 4.78 is 0. The van der Waals surface area contributed by atoms with E-state index in [-0.39, 0.29) is 56.8 Å². The summed E-state index contributed by atoms with van der Waals surface area (Å²) in [6.45, 7) is 17.0. The lowest BCUT2D eigenvalue weighted by atomic mass is 9.62. The molecular formula is C34H50N10O6. The van der Waals surface area contributed by atoms with Gasteiger partial charge in [0.1, 0.15) is 0 Å². The number of aromatic nitrogens is 4. The third-order valence-corrected chi connectivity index (χ3v) is 8.51. The Labute approximate surface area is 291 Å². The molecule has 2 aromatic rings. The number of nitrogens with one attached hydrogen (secondary N) is 4. The van der Waals surface area contributed by atoms with Gasteiger partial charge in [-0.1, -0.05) is 41.5 Å². The number of nitrogen functional groups attached to an aromatic ring is 1. The van der Waals surface area contributed by atoms with Gasteiger partial charge in [0, 0.05) is 30.1 Å². The minimum Gasteiger partial charge on any atom is -0.369 e. The molecule has 16 nitrogen and oxygen atoms in total. The molecule has 2 saturated carbocycles. The van der Waals surface area contributed by atoms with E-state index in [2.05, 4.69) is 87.1 Å². The molecule has 4 rings (SSSR count). The third kappa shape index (κ3) is 14.6. The lowest BCUT2D eigenvalue weighted by Gasteiger charge is -2.45. The highest BCUT2D eigenvalue weighted by Crippen LogP contribution is 2.48. The molecule has 2 aliphatic rings. The van der Waals surface area contributed by atoms with Gasteiger partial charge in [0.2, 0.25) is 30.1 Å². The van der Waals surface area contributed by atoms with Crippen molar-refractivity contribution in [2.24, 2.45) is 36.6 Å².